The first-order valence-corrected chi connectivity index (χ1v) is 10.5. The molecule has 0 spiro atoms. The van der Waals surface area contributed by atoms with Crippen molar-refractivity contribution in [3.05, 3.63) is 65.2 Å². The summed E-state index contributed by atoms with van der Waals surface area (Å²) in [5.74, 6) is 5.20. The van der Waals surface area contributed by atoms with Gasteiger partial charge in [0.15, 0.2) is 5.82 Å². The molecule has 10 nitrogen and oxygen atoms in total. The largest absolute Gasteiger partial charge is 0.381 e. The summed E-state index contributed by atoms with van der Waals surface area (Å²) in [5.41, 5.74) is -1.02. The molecule has 4 rings (SSSR count). The normalized spacial score (nSPS) is 16.2. The van der Waals surface area contributed by atoms with E-state index in [0.29, 0.717) is 48.6 Å². The number of pyridine rings is 1. The summed E-state index contributed by atoms with van der Waals surface area (Å²) in [6.07, 6.45) is 2.35. The van der Waals surface area contributed by atoms with Crippen LogP contribution in [0.5, 0.6) is 0 Å². The second-order valence-electron chi connectivity index (χ2n) is 8.12. The summed E-state index contributed by atoms with van der Waals surface area (Å²) < 4.78 is 30.0. The first kappa shape index (κ1) is 23.4. The minimum atomic E-state index is -1.86. The lowest BCUT2D eigenvalue weighted by Crippen LogP contribution is -2.57. The maximum atomic E-state index is 14.7. The third-order valence-electron chi connectivity index (χ3n) is 6.05. The van der Waals surface area contributed by atoms with E-state index in [1.165, 1.54) is 12.3 Å². The van der Waals surface area contributed by atoms with Crippen molar-refractivity contribution in [1.82, 2.24) is 29.7 Å². The highest BCUT2D eigenvalue weighted by Crippen LogP contribution is 2.33. The van der Waals surface area contributed by atoms with E-state index < -0.39 is 23.3 Å². The van der Waals surface area contributed by atoms with Crippen molar-refractivity contribution in [3.8, 4) is 17.5 Å². The van der Waals surface area contributed by atoms with Crippen molar-refractivity contribution in [2.75, 3.05) is 13.1 Å². The highest BCUT2D eigenvalue weighted by molar-refractivity contribution is 5.53. The number of aromatic nitrogens is 4. The molecule has 12 heteroatoms. The van der Waals surface area contributed by atoms with Crippen LogP contribution < -0.4 is 5.84 Å². The Morgan fingerprint density at radius 1 is 1.35 bits per heavy atom. The lowest BCUT2D eigenvalue weighted by atomic mass is 9.85. The second kappa shape index (κ2) is 9.22. The molecule has 0 amide bonds. The molecule has 1 aliphatic rings. The number of nitriles is 1. The van der Waals surface area contributed by atoms with E-state index >= 15 is 0 Å². The van der Waals surface area contributed by atoms with Gasteiger partial charge in [0.05, 0.1) is 26.0 Å². The summed E-state index contributed by atoms with van der Waals surface area (Å²) in [7, 11) is 0. The van der Waals surface area contributed by atoms with E-state index in [4.69, 9.17) is 16.5 Å². The second-order valence-corrected chi connectivity index (χ2v) is 8.12. The van der Waals surface area contributed by atoms with Gasteiger partial charge in [-0.25, -0.2) is 29.3 Å². The van der Waals surface area contributed by atoms with Crippen LogP contribution in [0.15, 0.2) is 36.5 Å². The molecular formula is C22H23F2N9O. The summed E-state index contributed by atoms with van der Waals surface area (Å²) in [5, 5.41) is 33.4. The Balaban J connectivity index is 1.62. The number of hydrazine groups is 1. The van der Waals surface area contributed by atoms with Gasteiger partial charge in [0.1, 0.15) is 34.8 Å². The van der Waals surface area contributed by atoms with Crippen molar-refractivity contribution >= 4 is 6.34 Å². The van der Waals surface area contributed by atoms with E-state index in [9.17, 15) is 13.9 Å². The Hall–Kier alpha value is -3.79. The molecule has 4 N–H and O–H groups in total. The van der Waals surface area contributed by atoms with E-state index in [2.05, 4.69) is 15.1 Å². The molecule has 1 aliphatic heterocycles. The minimum Gasteiger partial charge on any atom is -0.381 e. The number of halogens is 2. The zero-order valence-corrected chi connectivity index (χ0v) is 18.4. The first-order valence-electron chi connectivity index (χ1n) is 10.5. The molecule has 2 aromatic heterocycles. The smallest absolute Gasteiger partial charge is 0.182 e. The third-order valence-corrected chi connectivity index (χ3v) is 6.05. The van der Waals surface area contributed by atoms with Crippen molar-refractivity contribution in [3.63, 3.8) is 0 Å². The molecule has 2 atom stereocenters. The zero-order chi connectivity index (χ0) is 24.5. The molecule has 0 bridgehead atoms. The van der Waals surface area contributed by atoms with Gasteiger partial charge in [-0.05, 0) is 25.1 Å². The number of nitrogens with zero attached hydrogens (tertiary/aromatic N) is 7. The number of nitrogens with one attached hydrogen (secondary N) is 1. The van der Waals surface area contributed by atoms with Gasteiger partial charge in [0, 0.05) is 36.0 Å². The molecule has 0 saturated heterocycles. The number of nitrogens with two attached hydrogens (primary N) is 1. The van der Waals surface area contributed by atoms with E-state index in [-0.39, 0.29) is 12.1 Å². The fourth-order valence-electron chi connectivity index (χ4n) is 4.11. The predicted molar refractivity (Wildman–Crippen MR) is 118 cm³/mol. The van der Waals surface area contributed by atoms with Crippen LogP contribution >= 0.6 is 0 Å². The van der Waals surface area contributed by atoms with Gasteiger partial charge in [0.25, 0.3) is 0 Å². The Morgan fingerprint density at radius 3 is 2.79 bits per heavy atom. The maximum absolute atomic E-state index is 14.7. The quantitative estimate of drug-likeness (QED) is 0.205. The lowest BCUT2D eigenvalue weighted by Gasteiger charge is -2.43. The average Bonchev–Trinajstić information content (AvgIpc) is 3.26. The van der Waals surface area contributed by atoms with Crippen LogP contribution in [0.3, 0.4) is 0 Å². The highest BCUT2D eigenvalue weighted by atomic mass is 19.1. The number of fused-ring (bicyclic) bond motifs is 1. The van der Waals surface area contributed by atoms with Gasteiger partial charge in [-0.15, -0.1) is 0 Å². The SMILES string of the molecule is C[C@@H](N1CCn2nc(-c3ccc(C#N)nc3)nc2C1)[C@](O)(CN(N)C=N)c1ccc(F)cc1F. The van der Waals surface area contributed by atoms with Crippen molar-refractivity contribution in [2.45, 2.75) is 31.7 Å². The van der Waals surface area contributed by atoms with Crippen LogP contribution in [-0.4, -0.2) is 60.2 Å². The number of benzene rings is 1. The Morgan fingerprint density at radius 2 is 2.15 bits per heavy atom. The molecule has 0 aliphatic carbocycles. The molecule has 176 valence electrons. The molecule has 34 heavy (non-hydrogen) atoms. The molecular weight excluding hydrogens is 444 g/mol. The maximum Gasteiger partial charge on any atom is 0.182 e. The van der Waals surface area contributed by atoms with E-state index in [1.54, 1.807) is 23.7 Å². The minimum absolute atomic E-state index is 0.116. The summed E-state index contributed by atoms with van der Waals surface area (Å²) >= 11 is 0. The standard InChI is InChI=1S/C22H23F2N9O/c1-14(22(34,12-32(27)13-26)18-5-3-16(23)8-19(18)24)31-6-7-33-20(11-31)29-21(30-33)15-2-4-17(9-25)28-10-15/h2-5,8,10,13-14,26,34H,6-7,11-12,27H2,1H3/t14-,22-/m1/s1. The van der Waals surface area contributed by atoms with Gasteiger partial charge in [-0.2, -0.15) is 10.4 Å². The molecule has 0 saturated carbocycles. The van der Waals surface area contributed by atoms with Crippen LogP contribution in [0, 0.1) is 28.4 Å². The van der Waals surface area contributed by atoms with Gasteiger partial charge in [-0.1, -0.05) is 6.07 Å². The van der Waals surface area contributed by atoms with Crippen LogP contribution in [0.1, 0.15) is 24.0 Å². The van der Waals surface area contributed by atoms with Crippen molar-refractivity contribution in [2.24, 2.45) is 5.84 Å². The topological polar surface area (TPSA) is 144 Å². The van der Waals surface area contributed by atoms with Crippen molar-refractivity contribution < 1.29 is 13.9 Å². The van der Waals surface area contributed by atoms with Crippen LogP contribution in [0.25, 0.3) is 11.4 Å². The summed E-state index contributed by atoms with van der Waals surface area (Å²) in [6, 6.07) is 7.57. The molecule has 1 aromatic carbocycles. The zero-order valence-electron chi connectivity index (χ0n) is 18.4. The van der Waals surface area contributed by atoms with E-state index in [0.717, 1.165) is 17.4 Å². The fourth-order valence-corrected chi connectivity index (χ4v) is 4.11. The number of hydrogen-bond acceptors (Lipinski definition) is 8. The highest BCUT2D eigenvalue weighted by Gasteiger charge is 2.43. The molecule has 0 radical (unpaired) electrons. The lowest BCUT2D eigenvalue weighted by molar-refractivity contribution is -0.0684. The summed E-state index contributed by atoms with van der Waals surface area (Å²) in [4.78, 5) is 10.5. The Labute approximate surface area is 194 Å². The molecule has 3 aromatic rings. The van der Waals surface area contributed by atoms with Crippen LogP contribution in [-0.2, 0) is 18.7 Å². The Kier molecular flexibility index (Phi) is 6.34. The number of rotatable bonds is 7. The van der Waals surface area contributed by atoms with Gasteiger partial charge in [0.2, 0.25) is 0 Å². The van der Waals surface area contributed by atoms with Crippen LogP contribution in [0.4, 0.5) is 8.78 Å². The first-order chi connectivity index (χ1) is 16.2. The van der Waals surface area contributed by atoms with E-state index in [1.807, 2.05) is 11.0 Å². The van der Waals surface area contributed by atoms with Crippen LogP contribution in [0.2, 0.25) is 0 Å². The predicted octanol–water partition coefficient (Wildman–Crippen LogP) is 1.36. The van der Waals surface area contributed by atoms with Gasteiger partial charge < -0.3 is 5.11 Å². The van der Waals surface area contributed by atoms with Crippen molar-refractivity contribution in [1.29, 1.82) is 10.7 Å². The van der Waals surface area contributed by atoms with Gasteiger partial charge >= 0.3 is 0 Å². The van der Waals surface area contributed by atoms with Gasteiger partial charge in [-0.3, -0.25) is 15.3 Å². The molecule has 3 heterocycles. The average molecular weight is 467 g/mol. The summed E-state index contributed by atoms with van der Waals surface area (Å²) in [6.45, 7) is 2.68. The Bertz CT molecular complexity index is 1240. The number of hydrogen-bond donors (Lipinski definition) is 3. The third kappa shape index (κ3) is 4.36. The fraction of sp³-hybridized carbons (Fsp3) is 0.318. The molecule has 0 fully saturated rings. The number of aliphatic hydroxyl groups is 1. The molecule has 0 unspecified atom stereocenters. The monoisotopic (exact) mass is 467 g/mol.